The highest BCUT2D eigenvalue weighted by Gasteiger charge is 2.22. The Bertz CT molecular complexity index is 4590. The van der Waals surface area contributed by atoms with E-state index in [2.05, 4.69) is 180 Å². The first-order chi connectivity index (χ1) is 33.2. The van der Waals surface area contributed by atoms with Gasteiger partial charge in [0, 0.05) is 48.8 Å². The molecule has 0 aliphatic rings. The van der Waals surface area contributed by atoms with Crippen molar-refractivity contribution in [3.63, 3.8) is 0 Å². The molecule has 0 radical (unpaired) electrons. The van der Waals surface area contributed by atoms with Crippen LogP contribution >= 0.6 is 0 Å². The highest BCUT2D eigenvalue weighted by molar-refractivity contribution is 6.24. The maximum Gasteiger partial charge on any atom is 0.167 e. The Hall–Kier alpha value is -9.13. The van der Waals surface area contributed by atoms with E-state index in [0.29, 0.717) is 17.5 Å². The van der Waals surface area contributed by atoms with Crippen molar-refractivity contribution in [1.29, 1.82) is 0 Å². The number of nitrogens with zero attached hydrogens (tertiary/aromatic N) is 4. The van der Waals surface area contributed by atoms with Gasteiger partial charge in [-0.25, -0.2) is 15.0 Å². The molecule has 0 spiro atoms. The van der Waals surface area contributed by atoms with Crippen LogP contribution in [0.2, 0.25) is 0 Å². The lowest BCUT2D eigenvalue weighted by Gasteiger charge is -2.11. The van der Waals surface area contributed by atoms with Crippen LogP contribution in [0.25, 0.3) is 149 Å². The van der Waals surface area contributed by atoms with Crippen molar-refractivity contribution < 1.29 is 8.83 Å². The molecule has 15 rings (SSSR count). The van der Waals surface area contributed by atoms with Crippen LogP contribution in [0.3, 0.4) is 0 Å². The summed E-state index contributed by atoms with van der Waals surface area (Å²) in [6.07, 6.45) is 0. The van der Waals surface area contributed by atoms with Crippen molar-refractivity contribution in [3.05, 3.63) is 206 Å². The van der Waals surface area contributed by atoms with Gasteiger partial charge in [-0.05, 0) is 86.2 Å². The zero-order chi connectivity index (χ0) is 43.7. The van der Waals surface area contributed by atoms with Gasteiger partial charge < -0.3 is 13.4 Å². The van der Waals surface area contributed by atoms with E-state index < -0.39 is 0 Å². The minimum absolute atomic E-state index is 0.543. The van der Waals surface area contributed by atoms with Crippen molar-refractivity contribution in [1.82, 2.24) is 19.5 Å². The summed E-state index contributed by atoms with van der Waals surface area (Å²) < 4.78 is 16.0. The zero-order valence-corrected chi connectivity index (χ0v) is 35.7. The lowest BCUT2D eigenvalue weighted by molar-refractivity contribution is 0.666. The van der Waals surface area contributed by atoms with Crippen LogP contribution in [-0.2, 0) is 0 Å². The van der Waals surface area contributed by atoms with E-state index in [1.54, 1.807) is 0 Å². The predicted octanol–water partition coefficient (Wildman–Crippen LogP) is 16.4. The van der Waals surface area contributed by atoms with Gasteiger partial charge in [0.05, 0.1) is 22.3 Å². The number of aromatic nitrogens is 4. The smallest absolute Gasteiger partial charge is 0.167 e. The quantitative estimate of drug-likeness (QED) is 0.176. The molecule has 0 bridgehead atoms. The molecule has 0 saturated heterocycles. The Labute approximate surface area is 381 Å². The third-order valence-electron chi connectivity index (χ3n) is 13.8. The van der Waals surface area contributed by atoms with E-state index >= 15 is 0 Å². The fourth-order valence-electron chi connectivity index (χ4n) is 10.6. The highest BCUT2D eigenvalue weighted by Crippen LogP contribution is 2.44. The normalized spacial score (nSPS) is 12.2. The van der Waals surface area contributed by atoms with Gasteiger partial charge in [0.25, 0.3) is 0 Å². The van der Waals surface area contributed by atoms with Gasteiger partial charge in [-0.2, -0.15) is 0 Å². The highest BCUT2D eigenvalue weighted by atomic mass is 16.3. The SMILES string of the molecule is c1ccc2cc(-c3nc(-c4ccc5ccc6oc7c(-n8c9cc%10ccccc%10cc9c9ccc%10ccccc%10c98)cccc7c6c5c4)nc(-c4cccc5c4oc4ccccc45)n3)ccc2c1. The molecule has 0 aliphatic heterocycles. The Morgan fingerprint density at radius 3 is 1.78 bits per heavy atom. The fraction of sp³-hybridized carbons (Fsp3) is 0. The summed E-state index contributed by atoms with van der Waals surface area (Å²) in [4.78, 5) is 15.7. The van der Waals surface area contributed by atoms with Gasteiger partial charge in [-0.15, -0.1) is 0 Å². The summed E-state index contributed by atoms with van der Waals surface area (Å²) in [5.74, 6) is 1.70. The molecule has 310 valence electrons. The molecular formula is C61H34N4O2. The maximum absolute atomic E-state index is 7.04. The topological polar surface area (TPSA) is 69.9 Å². The van der Waals surface area contributed by atoms with Crippen molar-refractivity contribution in [3.8, 4) is 39.9 Å². The predicted molar refractivity (Wildman–Crippen MR) is 275 cm³/mol. The van der Waals surface area contributed by atoms with E-state index in [-0.39, 0.29) is 0 Å². The molecule has 0 saturated carbocycles. The van der Waals surface area contributed by atoms with E-state index in [4.69, 9.17) is 23.8 Å². The third-order valence-corrected chi connectivity index (χ3v) is 13.8. The van der Waals surface area contributed by atoms with Gasteiger partial charge in [0.15, 0.2) is 23.1 Å². The molecule has 0 amide bonds. The largest absolute Gasteiger partial charge is 0.455 e. The van der Waals surface area contributed by atoms with Crippen molar-refractivity contribution in [2.24, 2.45) is 0 Å². The van der Waals surface area contributed by atoms with E-state index in [1.807, 2.05) is 30.3 Å². The van der Waals surface area contributed by atoms with Gasteiger partial charge in [0.2, 0.25) is 0 Å². The summed E-state index contributed by atoms with van der Waals surface area (Å²) in [6.45, 7) is 0. The molecule has 4 heterocycles. The van der Waals surface area contributed by atoms with Gasteiger partial charge in [0.1, 0.15) is 16.7 Å². The Kier molecular flexibility index (Phi) is 7.40. The van der Waals surface area contributed by atoms with E-state index in [9.17, 15) is 0 Å². The summed E-state index contributed by atoms with van der Waals surface area (Å²) in [7, 11) is 0. The molecule has 4 aromatic heterocycles. The fourth-order valence-corrected chi connectivity index (χ4v) is 10.6. The standard InChI is InChI=1S/C61H34N4O2/c1-2-13-38-31-41(25-23-35(38)11-1)59-62-60(64-61(63-59)48-20-9-18-46-44-17-7-8-22-53(44)66-57(46)48)42-26-24-37-28-30-54-55(49(37)33-42)47-19-10-21-51(58(47)67-54)65-52-34-40-15-4-3-14-39(40)32-50(52)45-29-27-36-12-5-6-16-43(36)56(45)65/h1-34H. The van der Waals surface area contributed by atoms with Crippen LogP contribution in [0.4, 0.5) is 0 Å². The van der Waals surface area contributed by atoms with Gasteiger partial charge in [-0.3, -0.25) is 0 Å². The summed E-state index contributed by atoms with van der Waals surface area (Å²) in [5, 5.41) is 15.8. The molecule has 15 aromatic rings. The Morgan fingerprint density at radius 1 is 0.328 bits per heavy atom. The second-order valence-corrected chi connectivity index (χ2v) is 17.5. The number of hydrogen-bond acceptors (Lipinski definition) is 5. The number of benzene rings is 11. The van der Waals surface area contributed by atoms with Gasteiger partial charge in [-0.1, -0.05) is 158 Å². The van der Waals surface area contributed by atoms with Crippen LogP contribution < -0.4 is 0 Å². The maximum atomic E-state index is 7.04. The summed E-state index contributed by atoms with van der Waals surface area (Å²) in [6, 6.07) is 72.8. The molecule has 6 heteroatoms. The lowest BCUT2D eigenvalue weighted by atomic mass is 10.0. The van der Waals surface area contributed by atoms with Gasteiger partial charge >= 0.3 is 0 Å². The molecule has 11 aromatic carbocycles. The van der Waals surface area contributed by atoms with Crippen LogP contribution in [0.1, 0.15) is 0 Å². The second-order valence-electron chi connectivity index (χ2n) is 17.5. The number of fused-ring (bicyclic) bond motifs is 15. The number of rotatable bonds is 4. The first-order valence-corrected chi connectivity index (χ1v) is 22.6. The van der Waals surface area contributed by atoms with Crippen molar-refractivity contribution in [2.45, 2.75) is 0 Å². The van der Waals surface area contributed by atoms with Crippen molar-refractivity contribution in [2.75, 3.05) is 0 Å². The van der Waals surface area contributed by atoms with E-state index in [1.165, 1.54) is 32.3 Å². The zero-order valence-electron chi connectivity index (χ0n) is 35.7. The Balaban J connectivity index is 0.970. The molecule has 0 atom stereocenters. The first kappa shape index (κ1) is 36.2. The summed E-state index contributed by atoms with van der Waals surface area (Å²) in [5.41, 5.74) is 9.08. The molecule has 0 unspecified atom stereocenters. The minimum Gasteiger partial charge on any atom is -0.455 e. The molecule has 67 heavy (non-hydrogen) atoms. The average molecular weight is 855 g/mol. The average Bonchev–Trinajstić information content (AvgIpc) is 4.07. The van der Waals surface area contributed by atoms with Crippen molar-refractivity contribution >= 4 is 109 Å². The lowest BCUT2D eigenvalue weighted by Crippen LogP contribution is -2.00. The summed E-state index contributed by atoms with van der Waals surface area (Å²) >= 11 is 0. The van der Waals surface area contributed by atoms with Crippen LogP contribution in [0.5, 0.6) is 0 Å². The molecule has 6 nitrogen and oxygen atoms in total. The molecule has 0 N–H and O–H groups in total. The van der Waals surface area contributed by atoms with Crippen LogP contribution in [-0.4, -0.2) is 19.5 Å². The van der Waals surface area contributed by atoms with Crippen LogP contribution in [0.15, 0.2) is 215 Å². The van der Waals surface area contributed by atoms with Crippen LogP contribution in [0, 0.1) is 0 Å². The minimum atomic E-state index is 0.543. The Morgan fingerprint density at radius 2 is 0.925 bits per heavy atom. The number of hydrogen-bond donors (Lipinski definition) is 0. The van der Waals surface area contributed by atoms with E-state index in [0.717, 1.165) is 98.8 Å². The molecule has 0 aliphatic carbocycles. The molecule has 0 fully saturated rings. The number of para-hydroxylation sites is 3. The second kappa shape index (κ2) is 13.7. The number of furan rings is 2. The first-order valence-electron chi connectivity index (χ1n) is 22.6. The monoisotopic (exact) mass is 854 g/mol. The molecular weight excluding hydrogens is 821 g/mol. The third kappa shape index (κ3) is 5.35.